The number of rotatable bonds is 2. The van der Waals surface area contributed by atoms with Crippen LogP contribution in [0.5, 0.6) is 0 Å². The fourth-order valence-electron chi connectivity index (χ4n) is 2.13. The molecule has 0 aliphatic carbocycles. The fraction of sp³-hybridized carbons (Fsp3) is 0.545. The average Bonchev–Trinajstić information content (AvgIpc) is 3.04. The van der Waals surface area contributed by atoms with Gasteiger partial charge in [-0.15, -0.1) is 5.10 Å². The van der Waals surface area contributed by atoms with Crippen molar-refractivity contribution in [3.8, 4) is 11.6 Å². The van der Waals surface area contributed by atoms with E-state index < -0.39 is 11.2 Å². The zero-order chi connectivity index (χ0) is 15.9. The smallest absolute Gasteiger partial charge is 0.402 e. The first-order chi connectivity index (χ1) is 10.4. The maximum atomic E-state index is 13.0. The molecule has 2 aromatic heterocycles. The predicted molar refractivity (Wildman–Crippen MR) is 72.4 cm³/mol. The Balaban J connectivity index is 2.08. The molecule has 11 heteroatoms. The van der Waals surface area contributed by atoms with Crippen molar-refractivity contribution in [2.75, 3.05) is 30.4 Å². The number of aromatic nitrogens is 3. The molecule has 0 saturated carbocycles. The monoisotopic (exact) mass is 335 g/mol. The van der Waals surface area contributed by atoms with Crippen LogP contribution in [0.15, 0.2) is 4.42 Å². The second kappa shape index (κ2) is 5.39. The summed E-state index contributed by atoms with van der Waals surface area (Å²) >= 11 is 0.546. The van der Waals surface area contributed by atoms with Crippen molar-refractivity contribution in [2.45, 2.75) is 19.1 Å². The number of alkyl halides is 3. The lowest BCUT2D eigenvalue weighted by atomic mass is 10.2. The highest BCUT2D eigenvalue weighted by molar-refractivity contribution is 7.16. The number of hydrogen-bond acceptors (Lipinski definition) is 8. The predicted octanol–water partition coefficient (Wildman–Crippen LogP) is 2.02. The molecule has 3 heterocycles. The molecule has 22 heavy (non-hydrogen) atoms. The van der Waals surface area contributed by atoms with Gasteiger partial charge in [-0.05, 0) is 6.92 Å². The van der Waals surface area contributed by atoms with E-state index in [1.165, 1.54) is 0 Å². The molecule has 2 N–H and O–H groups in total. The van der Waals surface area contributed by atoms with E-state index in [1.807, 2.05) is 6.92 Å². The summed E-state index contributed by atoms with van der Waals surface area (Å²) in [5.74, 6) is -0.127. The minimum Gasteiger partial charge on any atom is -0.402 e. The molecule has 0 amide bonds. The molecule has 1 atom stereocenters. The van der Waals surface area contributed by atoms with Crippen molar-refractivity contribution in [3.63, 3.8) is 0 Å². The number of thiazole rings is 1. The van der Waals surface area contributed by atoms with E-state index in [2.05, 4.69) is 15.2 Å². The van der Waals surface area contributed by atoms with Gasteiger partial charge in [-0.3, -0.25) is 0 Å². The van der Waals surface area contributed by atoms with Crippen LogP contribution in [0.2, 0.25) is 0 Å². The molecule has 0 bridgehead atoms. The van der Waals surface area contributed by atoms with Gasteiger partial charge in [-0.1, -0.05) is 16.4 Å². The SMILES string of the molecule is C[C@H]1COCCN1c1sc(C(F)(F)F)nc1-c1nnc(N)o1. The third-order valence-electron chi connectivity index (χ3n) is 3.12. The van der Waals surface area contributed by atoms with E-state index in [-0.39, 0.29) is 23.6 Å². The summed E-state index contributed by atoms with van der Waals surface area (Å²) in [6.45, 7) is 3.16. The summed E-state index contributed by atoms with van der Waals surface area (Å²) < 4.78 is 49.3. The number of halogens is 3. The number of hydrogen-bond donors (Lipinski definition) is 1. The van der Waals surface area contributed by atoms with Crippen molar-refractivity contribution in [2.24, 2.45) is 0 Å². The Morgan fingerprint density at radius 1 is 1.36 bits per heavy atom. The fourth-order valence-corrected chi connectivity index (χ4v) is 3.18. The Labute approximate surface area is 126 Å². The van der Waals surface area contributed by atoms with Gasteiger partial charge in [-0.25, -0.2) is 4.98 Å². The van der Waals surface area contributed by atoms with Crippen LogP contribution < -0.4 is 10.6 Å². The standard InChI is InChI=1S/C11H12F3N5O2S/c1-5-4-20-3-2-19(5)8-6(7-17-18-10(15)21-7)16-9(22-8)11(12,13)14/h5H,2-4H2,1H3,(H2,15,18)/t5-/m0/s1. The Morgan fingerprint density at radius 3 is 2.73 bits per heavy atom. The third-order valence-corrected chi connectivity index (χ3v) is 4.26. The van der Waals surface area contributed by atoms with Crippen molar-refractivity contribution < 1.29 is 22.3 Å². The normalized spacial score (nSPS) is 19.6. The van der Waals surface area contributed by atoms with E-state index in [0.717, 1.165) is 0 Å². The molecule has 7 nitrogen and oxygen atoms in total. The number of anilines is 2. The van der Waals surface area contributed by atoms with Crippen molar-refractivity contribution in [3.05, 3.63) is 5.01 Å². The van der Waals surface area contributed by atoms with Gasteiger partial charge < -0.3 is 19.8 Å². The van der Waals surface area contributed by atoms with Gasteiger partial charge in [0.25, 0.3) is 5.89 Å². The Morgan fingerprint density at radius 2 is 2.14 bits per heavy atom. The first-order valence-electron chi connectivity index (χ1n) is 6.38. The zero-order valence-corrected chi connectivity index (χ0v) is 12.2. The van der Waals surface area contributed by atoms with Crippen molar-refractivity contribution in [1.29, 1.82) is 0 Å². The molecule has 0 radical (unpaired) electrons. The molecule has 0 aromatic carbocycles. The van der Waals surface area contributed by atoms with Gasteiger partial charge in [0.1, 0.15) is 5.00 Å². The van der Waals surface area contributed by atoms with Crippen LogP contribution in [0.1, 0.15) is 11.9 Å². The molecule has 120 valence electrons. The van der Waals surface area contributed by atoms with Crippen LogP contribution in [0.25, 0.3) is 11.6 Å². The number of nitrogen functional groups attached to an aromatic ring is 1. The second-order valence-electron chi connectivity index (χ2n) is 4.73. The number of nitrogens with zero attached hydrogens (tertiary/aromatic N) is 4. The van der Waals surface area contributed by atoms with E-state index >= 15 is 0 Å². The van der Waals surface area contributed by atoms with Crippen LogP contribution in [0, 0.1) is 0 Å². The summed E-state index contributed by atoms with van der Waals surface area (Å²) in [6.07, 6.45) is -4.54. The third kappa shape index (κ3) is 2.73. The van der Waals surface area contributed by atoms with E-state index in [0.29, 0.717) is 36.1 Å². The summed E-state index contributed by atoms with van der Waals surface area (Å²) in [5.41, 5.74) is 5.34. The van der Waals surface area contributed by atoms with Crippen LogP contribution in [-0.4, -0.2) is 41.0 Å². The van der Waals surface area contributed by atoms with E-state index in [4.69, 9.17) is 14.9 Å². The average molecular weight is 335 g/mol. The summed E-state index contributed by atoms with van der Waals surface area (Å²) in [7, 11) is 0. The molecule has 1 saturated heterocycles. The Bertz CT molecular complexity index is 671. The van der Waals surface area contributed by atoms with Crippen molar-refractivity contribution >= 4 is 22.4 Å². The van der Waals surface area contributed by atoms with Gasteiger partial charge >= 0.3 is 12.2 Å². The summed E-state index contributed by atoms with van der Waals surface area (Å²) in [6, 6.07) is -0.313. The second-order valence-corrected chi connectivity index (χ2v) is 5.71. The molecular weight excluding hydrogens is 323 g/mol. The quantitative estimate of drug-likeness (QED) is 0.898. The number of ether oxygens (including phenoxy) is 1. The highest BCUT2D eigenvalue weighted by atomic mass is 32.1. The lowest BCUT2D eigenvalue weighted by Crippen LogP contribution is -2.43. The van der Waals surface area contributed by atoms with Gasteiger partial charge in [-0.2, -0.15) is 13.2 Å². The van der Waals surface area contributed by atoms with E-state index in [1.54, 1.807) is 4.90 Å². The van der Waals surface area contributed by atoms with Gasteiger partial charge in [0, 0.05) is 6.54 Å². The molecule has 1 fully saturated rings. The number of morpholine rings is 1. The largest absolute Gasteiger partial charge is 0.443 e. The lowest BCUT2D eigenvalue weighted by molar-refractivity contribution is -0.137. The first kappa shape index (κ1) is 15.0. The number of nitrogens with two attached hydrogens (primary N) is 1. The maximum absolute atomic E-state index is 13.0. The summed E-state index contributed by atoms with van der Waals surface area (Å²) in [5, 5.41) is 6.47. The molecule has 1 aliphatic heterocycles. The maximum Gasteiger partial charge on any atom is 0.443 e. The molecule has 1 aliphatic rings. The van der Waals surface area contributed by atoms with Crippen LogP contribution in [-0.2, 0) is 10.9 Å². The van der Waals surface area contributed by atoms with Gasteiger partial charge in [0.15, 0.2) is 5.69 Å². The molecule has 2 aromatic rings. The lowest BCUT2D eigenvalue weighted by Gasteiger charge is -2.34. The topological polar surface area (TPSA) is 90.3 Å². The van der Waals surface area contributed by atoms with Gasteiger partial charge in [0.2, 0.25) is 5.01 Å². The zero-order valence-electron chi connectivity index (χ0n) is 11.4. The molecule has 0 unspecified atom stereocenters. The highest BCUT2D eigenvalue weighted by Gasteiger charge is 2.39. The minimum atomic E-state index is -4.54. The molecular formula is C11H12F3N5O2S. The Hall–Kier alpha value is -1.88. The van der Waals surface area contributed by atoms with Gasteiger partial charge in [0.05, 0.1) is 19.3 Å². The van der Waals surface area contributed by atoms with Crippen LogP contribution in [0.3, 0.4) is 0 Å². The Kier molecular flexibility index (Phi) is 3.68. The molecule has 3 rings (SSSR count). The minimum absolute atomic E-state index is 0.00437. The first-order valence-corrected chi connectivity index (χ1v) is 7.19. The highest BCUT2D eigenvalue weighted by Crippen LogP contribution is 2.43. The van der Waals surface area contributed by atoms with Crippen LogP contribution in [0.4, 0.5) is 24.2 Å². The van der Waals surface area contributed by atoms with Crippen molar-refractivity contribution in [1.82, 2.24) is 15.2 Å². The van der Waals surface area contributed by atoms with E-state index in [9.17, 15) is 13.2 Å². The summed E-state index contributed by atoms with van der Waals surface area (Å²) in [4.78, 5) is 5.43. The van der Waals surface area contributed by atoms with Crippen LogP contribution >= 0.6 is 11.3 Å². The molecule has 0 spiro atoms.